The van der Waals surface area contributed by atoms with Crippen LogP contribution in [0.2, 0.25) is 0 Å². The molecule has 12 heavy (non-hydrogen) atoms. The lowest BCUT2D eigenvalue weighted by Gasteiger charge is -2.03. The average molecular weight is 167 g/mol. The van der Waals surface area contributed by atoms with Gasteiger partial charge in [-0.15, -0.1) is 0 Å². The number of hydrogen-bond acceptors (Lipinski definition) is 1. The molecule has 0 fully saturated rings. The molecule has 1 aromatic heterocycles. The van der Waals surface area contributed by atoms with Crippen LogP contribution in [-0.2, 0) is 0 Å². The summed E-state index contributed by atoms with van der Waals surface area (Å²) in [7, 11) is 0. The largest absolute Gasteiger partial charge is 0.478 e. The number of carboxylic acids is 1. The Morgan fingerprint density at radius 2 is 2.17 bits per heavy atom. The second-order valence-corrected chi connectivity index (χ2v) is 3.22. The highest BCUT2D eigenvalue weighted by Gasteiger charge is 2.16. The summed E-state index contributed by atoms with van der Waals surface area (Å²) < 4.78 is 0. The standard InChI is InChI=1S/C9H13NO2/c1-5(2)8-7(9(11)12)6(3)4-10-8/h4-5,10H,1-3H3,(H,11,12). The summed E-state index contributed by atoms with van der Waals surface area (Å²) in [6, 6.07) is 0. The Kier molecular flexibility index (Phi) is 2.22. The summed E-state index contributed by atoms with van der Waals surface area (Å²) in [6.45, 7) is 5.74. The zero-order valence-electron chi connectivity index (χ0n) is 7.51. The van der Waals surface area contributed by atoms with E-state index in [2.05, 4.69) is 4.98 Å². The van der Waals surface area contributed by atoms with Crippen molar-refractivity contribution in [2.45, 2.75) is 26.7 Å². The number of rotatable bonds is 2. The maximum absolute atomic E-state index is 10.8. The molecule has 0 aliphatic rings. The number of carboxylic acid groups (broad SMARTS) is 1. The van der Waals surface area contributed by atoms with Crippen molar-refractivity contribution in [3.8, 4) is 0 Å². The van der Waals surface area contributed by atoms with Crippen molar-refractivity contribution in [2.24, 2.45) is 0 Å². The summed E-state index contributed by atoms with van der Waals surface area (Å²) in [5.41, 5.74) is 2.02. The minimum Gasteiger partial charge on any atom is -0.478 e. The van der Waals surface area contributed by atoms with Crippen LogP contribution < -0.4 is 0 Å². The first-order valence-corrected chi connectivity index (χ1v) is 3.95. The monoisotopic (exact) mass is 167 g/mol. The van der Waals surface area contributed by atoms with Gasteiger partial charge in [-0.05, 0) is 18.4 Å². The Bertz CT molecular complexity index is 299. The van der Waals surface area contributed by atoms with Gasteiger partial charge < -0.3 is 10.1 Å². The predicted molar refractivity (Wildman–Crippen MR) is 46.6 cm³/mol. The Labute approximate surface area is 71.4 Å². The van der Waals surface area contributed by atoms with E-state index in [1.165, 1.54) is 0 Å². The first kappa shape index (κ1) is 8.84. The lowest BCUT2D eigenvalue weighted by molar-refractivity contribution is 0.0694. The van der Waals surface area contributed by atoms with E-state index in [0.29, 0.717) is 5.56 Å². The highest BCUT2D eigenvalue weighted by molar-refractivity contribution is 5.91. The van der Waals surface area contributed by atoms with Gasteiger partial charge in [0.15, 0.2) is 0 Å². The van der Waals surface area contributed by atoms with Crippen LogP contribution in [0.4, 0.5) is 0 Å². The van der Waals surface area contributed by atoms with Crippen molar-refractivity contribution in [2.75, 3.05) is 0 Å². The summed E-state index contributed by atoms with van der Waals surface area (Å²) in [4.78, 5) is 13.8. The number of aromatic nitrogens is 1. The van der Waals surface area contributed by atoms with E-state index in [-0.39, 0.29) is 5.92 Å². The van der Waals surface area contributed by atoms with E-state index in [0.717, 1.165) is 11.3 Å². The Balaban J connectivity index is 3.21. The van der Waals surface area contributed by atoms with Crippen LogP contribution in [0.1, 0.15) is 41.4 Å². The second-order valence-electron chi connectivity index (χ2n) is 3.22. The quantitative estimate of drug-likeness (QED) is 0.709. The van der Waals surface area contributed by atoms with Crippen molar-refractivity contribution in [3.63, 3.8) is 0 Å². The van der Waals surface area contributed by atoms with Gasteiger partial charge in [0.2, 0.25) is 0 Å². The molecule has 1 heterocycles. The van der Waals surface area contributed by atoms with Crippen molar-refractivity contribution in [1.29, 1.82) is 0 Å². The van der Waals surface area contributed by atoms with Gasteiger partial charge in [-0.1, -0.05) is 13.8 Å². The molecule has 0 aliphatic carbocycles. The minimum atomic E-state index is -0.850. The Hall–Kier alpha value is -1.25. The molecule has 2 N–H and O–H groups in total. The molecule has 0 aliphatic heterocycles. The third kappa shape index (κ3) is 1.35. The van der Waals surface area contributed by atoms with Crippen LogP contribution in [0.25, 0.3) is 0 Å². The summed E-state index contributed by atoms with van der Waals surface area (Å²) in [5.74, 6) is -0.623. The number of hydrogen-bond donors (Lipinski definition) is 2. The second kappa shape index (κ2) is 3.01. The van der Waals surface area contributed by atoms with Crippen molar-refractivity contribution in [3.05, 3.63) is 23.0 Å². The Morgan fingerprint density at radius 1 is 1.58 bits per heavy atom. The van der Waals surface area contributed by atoms with E-state index in [9.17, 15) is 4.79 Å². The molecular formula is C9H13NO2. The molecule has 3 heteroatoms. The summed E-state index contributed by atoms with van der Waals surface area (Å²) >= 11 is 0. The van der Waals surface area contributed by atoms with E-state index in [1.807, 2.05) is 13.8 Å². The zero-order chi connectivity index (χ0) is 9.30. The average Bonchev–Trinajstić information content (AvgIpc) is 2.30. The fraction of sp³-hybridized carbons (Fsp3) is 0.444. The van der Waals surface area contributed by atoms with Gasteiger partial charge in [0, 0.05) is 11.9 Å². The fourth-order valence-corrected chi connectivity index (χ4v) is 1.28. The maximum atomic E-state index is 10.8. The lowest BCUT2D eigenvalue weighted by atomic mass is 10.0. The van der Waals surface area contributed by atoms with Crippen LogP contribution >= 0.6 is 0 Å². The van der Waals surface area contributed by atoms with Gasteiger partial charge in [-0.3, -0.25) is 0 Å². The third-order valence-corrected chi connectivity index (χ3v) is 1.90. The van der Waals surface area contributed by atoms with Gasteiger partial charge in [0.05, 0.1) is 5.56 Å². The van der Waals surface area contributed by atoms with Gasteiger partial charge >= 0.3 is 5.97 Å². The number of H-pyrrole nitrogens is 1. The molecule has 66 valence electrons. The van der Waals surface area contributed by atoms with Crippen molar-refractivity contribution < 1.29 is 9.90 Å². The molecule has 0 spiro atoms. The third-order valence-electron chi connectivity index (χ3n) is 1.90. The predicted octanol–water partition coefficient (Wildman–Crippen LogP) is 2.14. The van der Waals surface area contributed by atoms with Crippen LogP contribution in [0.3, 0.4) is 0 Å². The lowest BCUT2D eigenvalue weighted by Crippen LogP contribution is -2.03. The zero-order valence-corrected chi connectivity index (χ0v) is 7.51. The molecule has 0 atom stereocenters. The van der Waals surface area contributed by atoms with Crippen LogP contribution in [0, 0.1) is 6.92 Å². The topological polar surface area (TPSA) is 53.1 Å². The molecule has 0 amide bonds. The van der Waals surface area contributed by atoms with E-state index in [1.54, 1.807) is 13.1 Å². The molecule has 0 bridgehead atoms. The molecule has 3 nitrogen and oxygen atoms in total. The SMILES string of the molecule is Cc1c[nH]c(C(C)C)c1C(=O)O. The van der Waals surface area contributed by atoms with Gasteiger partial charge in [0.1, 0.15) is 0 Å². The smallest absolute Gasteiger partial charge is 0.337 e. The first-order valence-electron chi connectivity index (χ1n) is 3.95. The van der Waals surface area contributed by atoms with Gasteiger partial charge in [-0.25, -0.2) is 4.79 Å². The van der Waals surface area contributed by atoms with Crippen LogP contribution in [0.5, 0.6) is 0 Å². The molecule has 1 rings (SSSR count). The summed E-state index contributed by atoms with van der Waals surface area (Å²) in [5, 5.41) is 8.86. The number of carbonyl (C=O) groups is 1. The van der Waals surface area contributed by atoms with Crippen LogP contribution in [-0.4, -0.2) is 16.1 Å². The molecule has 0 saturated carbocycles. The van der Waals surface area contributed by atoms with Crippen molar-refractivity contribution in [1.82, 2.24) is 4.98 Å². The normalized spacial score (nSPS) is 10.7. The number of nitrogens with one attached hydrogen (secondary N) is 1. The molecule has 0 saturated heterocycles. The molecular weight excluding hydrogens is 154 g/mol. The first-order chi connectivity index (χ1) is 5.54. The van der Waals surface area contributed by atoms with Crippen molar-refractivity contribution >= 4 is 5.97 Å². The number of aryl methyl sites for hydroxylation is 1. The highest BCUT2D eigenvalue weighted by atomic mass is 16.4. The fourth-order valence-electron chi connectivity index (χ4n) is 1.28. The minimum absolute atomic E-state index is 0.227. The number of aromatic amines is 1. The van der Waals surface area contributed by atoms with E-state index >= 15 is 0 Å². The molecule has 0 aromatic carbocycles. The van der Waals surface area contributed by atoms with Gasteiger partial charge in [0.25, 0.3) is 0 Å². The molecule has 1 aromatic rings. The molecule has 0 unspecified atom stereocenters. The molecule has 0 radical (unpaired) electrons. The van der Waals surface area contributed by atoms with Gasteiger partial charge in [-0.2, -0.15) is 0 Å². The van der Waals surface area contributed by atoms with Crippen LogP contribution in [0.15, 0.2) is 6.20 Å². The maximum Gasteiger partial charge on any atom is 0.337 e. The summed E-state index contributed by atoms with van der Waals surface area (Å²) in [6.07, 6.45) is 1.73. The number of aromatic carboxylic acids is 1. The van der Waals surface area contributed by atoms with E-state index < -0.39 is 5.97 Å². The Morgan fingerprint density at radius 3 is 2.50 bits per heavy atom. The highest BCUT2D eigenvalue weighted by Crippen LogP contribution is 2.20. The van der Waals surface area contributed by atoms with E-state index in [4.69, 9.17) is 5.11 Å².